The number of hydrogen-bond acceptors (Lipinski definition) is 8. The van der Waals surface area contributed by atoms with E-state index in [1.165, 1.54) is 21.3 Å². The summed E-state index contributed by atoms with van der Waals surface area (Å²) in [7, 11) is -0.857. The van der Waals surface area contributed by atoms with E-state index in [0.29, 0.717) is 19.3 Å². The van der Waals surface area contributed by atoms with Gasteiger partial charge in [-0.05, 0) is 45.4 Å². The van der Waals surface area contributed by atoms with Crippen LogP contribution in [0.15, 0.2) is 97.3 Å². The van der Waals surface area contributed by atoms with Gasteiger partial charge in [-0.2, -0.15) is 5.10 Å². The number of likely N-dealkylation sites (tertiary alicyclic amines) is 1. The van der Waals surface area contributed by atoms with E-state index in [2.05, 4.69) is 133 Å². The second-order valence-electron chi connectivity index (χ2n) is 15.0. The van der Waals surface area contributed by atoms with Crippen LogP contribution in [-0.2, 0) is 22.3 Å². The Bertz CT molecular complexity index is 2040. The van der Waals surface area contributed by atoms with Gasteiger partial charge in [0.25, 0.3) is 8.32 Å². The van der Waals surface area contributed by atoms with E-state index in [0.717, 1.165) is 66.8 Å². The number of benzene rings is 3. The van der Waals surface area contributed by atoms with Crippen LogP contribution in [0.2, 0.25) is 5.04 Å². The molecule has 1 aliphatic rings. The standard InChI is InChI=1S/C42H50N7O2Si/c1-6-14-33(22-24-51-52(42(2,3)4,35-15-9-7-10-16-35)36-17-11-8-12-18-36)47-41-40-38(44-30-45-41)25-46-49(40)27-32-21-20-31(26-48-28-34(29-48)50-5)37-19-13-23-43-39(32)37/h7-13,15-21,23,25,33-34H,6,14,22,24,26-29H2,1-5H3,(H,44,45,47)/t33-/m0/s1. The van der Waals surface area contributed by atoms with Crippen LogP contribution in [0.25, 0.3) is 21.9 Å². The Kier molecular flexibility index (Phi) is 10.8. The smallest absolute Gasteiger partial charge is 0.261 e. The van der Waals surface area contributed by atoms with E-state index in [1.54, 1.807) is 13.3 Å². The predicted molar refractivity (Wildman–Crippen MR) is 212 cm³/mol. The maximum absolute atomic E-state index is 7.28. The van der Waals surface area contributed by atoms with Crippen molar-refractivity contribution in [3.8, 4) is 0 Å². The largest absolute Gasteiger partial charge is 0.407 e. The quantitative estimate of drug-likeness (QED) is 0.119. The van der Waals surface area contributed by atoms with Gasteiger partial charge in [-0.15, -0.1) is 0 Å². The molecule has 1 radical (unpaired) electrons. The summed E-state index contributed by atoms with van der Waals surface area (Å²) in [6, 6.07) is 30.4. The van der Waals surface area contributed by atoms with Gasteiger partial charge >= 0.3 is 0 Å². The average Bonchev–Trinajstić information content (AvgIpc) is 3.56. The Balaban J connectivity index is 1.13. The van der Waals surface area contributed by atoms with Gasteiger partial charge < -0.3 is 14.5 Å². The number of aromatic nitrogens is 5. The van der Waals surface area contributed by atoms with E-state index in [9.17, 15) is 0 Å². The van der Waals surface area contributed by atoms with Gasteiger partial charge in [0.15, 0.2) is 5.82 Å². The lowest BCUT2D eigenvalue weighted by molar-refractivity contribution is -0.0332. The van der Waals surface area contributed by atoms with Crippen molar-refractivity contribution in [3.05, 3.63) is 115 Å². The molecule has 4 heterocycles. The molecule has 7 rings (SSSR count). The third-order valence-corrected chi connectivity index (χ3v) is 15.5. The van der Waals surface area contributed by atoms with Crippen LogP contribution in [0, 0.1) is 6.33 Å². The fraction of sp³-hybridized carbons (Fsp3) is 0.381. The topological polar surface area (TPSA) is 90.2 Å². The first-order chi connectivity index (χ1) is 25.3. The zero-order valence-corrected chi connectivity index (χ0v) is 32.0. The maximum atomic E-state index is 7.28. The van der Waals surface area contributed by atoms with Crippen molar-refractivity contribution in [2.24, 2.45) is 0 Å². The molecule has 0 unspecified atom stereocenters. The highest BCUT2D eigenvalue weighted by molar-refractivity contribution is 6.99. The van der Waals surface area contributed by atoms with Crippen molar-refractivity contribution in [1.29, 1.82) is 0 Å². The number of nitrogens with one attached hydrogen (secondary N) is 1. The minimum Gasteiger partial charge on any atom is -0.407 e. The summed E-state index contributed by atoms with van der Waals surface area (Å²) in [6.45, 7) is 13.2. The Morgan fingerprint density at radius 1 is 0.885 bits per heavy atom. The molecular formula is C42H50N7O2Si. The predicted octanol–water partition coefficient (Wildman–Crippen LogP) is 6.60. The van der Waals surface area contributed by atoms with Gasteiger partial charge in [0.1, 0.15) is 11.0 Å². The Labute approximate surface area is 308 Å². The van der Waals surface area contributed by atoms with Crippen molar-refractivity contribution in [1.82, 2.24) is 29.6 Å². The van der Waals surface area contributed by atoms with Crippen molar-refractivity contribution in [2.75, 3.05) is 32.1 Å². The number of ether oxygens (including phenoxy) is 1. The molecule has 0 amide bonds. The molecule has 1 saturated heterocycles. The van der Waals surface area contributed by atoms with Crippen LogP contribution >= 0.6 is 0 Å². The molecule has 0 spiro atoms. The fourth-order valence-electron chi connectivity index (χ4n) is 7.81. The zero-order chi connectivity index (χ0) is 36.1. The average molecular weight is 713 g/mol. The van der Waals surface area contributed by atoms with E-state index in [1.807, 2.05) is 16.9 Å². The number of nitrogens with zero attached hydrogens (tertiary/aromatic N) is 6. The molecule has 0 bridgehead atoms. The molecule has 3 aromatic heterocycles. The number of fused-ring (bicyclic) bond motifs is 2. The van der Waals surface area contributed by atoms with Crippen molar-refractivity contribution in [3.63, 3.8) is 0 Å². The van der Waals surface area contributed by atoms with E-state index >= 15 is 0 Å². The van der Waals surface area contributed by atoms with Gasteiger partial charge in [0, 0.05) is 51.0 Å². The zero-order valence-electron chi connectivity index (χ0n) is 31.0. The van der Waals surface area contributed by atoms with E-state index in [-0.39, 0.29) is 11.1 Å². The molecule has 1 N–H and O–H groups in total. The van der Waals surface area contributed by atoms with Crippen molar-refractivity contribution < 1.29 is 9.16 Å². The van der Waals surface area contributed by atoms with Gasteiger partial charge in [0.05, 0.1) is 24.4 Å². The molecule has 1 aliphatic heterocycles. The van der Waals surface area contributed by atoms with Gasteiger partial charge in [0.2, 0.25) is 6.33 Å². The number of rotatable bonds is 15. The monoisotopic (exact) mass is 712 g/mol. The van der Waals surface area contributed by atoms with Crippen molar-refractivity contribution in [2.45, 2.75) is 77.2 Å². The number of methoxy groups -OCH3 is 1. The number of hydrogen-bond donors (Lipinski definition) is 1. The third-order valence-electron chi connectivity index (χ3n) is 10.5. The molecule has 0 saturated carbocycles. The van der Waals surface area contributed by atoms with E-state index < -0.39 is 8.32 Å². The molecule has 6 aromatic rings. The van der Waals surface area contributed by atoms with Crippen LogP contribution in [0.3, 0.4) is 0 Å². The van der Waals surface area contributed by atoms with Gasteiger partial charge in [-0.3, -0.25) is 14.6 Å². The van der Waals surface area contributed by atoms with Crippen molar-refractivity contribution >= 4 is 46.4 Å². The molecule has 0 aliphatic carbocycles. The molecule has 52 heavy (non-hydrogen) atoms. The maximum Gasteiger partial charge on any atom is 0.261 e. The highest BCUT2D eigenvalue weighted by Gasteiger charge is 2.50. The first-order valence-electron chi connectivity index (χ1n) is 18.5. The van der Waals surface area contributed by atoms with Gasteiger partial charge in [-0.25, -0.2) is 9.97 Å². The lowest BCUT2D eigenvalue weighted by atomic mass is 10.0. The van der Waals surface area contributed by atoms with Crippen LogP contribution in [0.5, 0.6) is 0 Å². The lowest BCUT2D eigenvalue weighted by Gasteiger charge is -2.43. The van der Waals surface area contributed by atoms with E-state index in [4.69, 9.17) is 19.2 Å². The first-order valence-corrected chi connectivity index (χ1v) is 20.4. The minimum absolute atomic E-state index is 0.0805. The number of anilines is 1. The molecule has 10 heteroatoms. The third kappa shape index (κ3) is 7.25. The summed E-state index contributed by atoms with van der Waals surface area (Å²) in [5.74, 6) is 0.741. The Hall–Kier alpha value is -4.48. The Morgan fingerprint density at radius 2 is 1.60 bits per heavy atom. The first kappa shape index (κ1) is 35.9. The minimum atomic E-state index is -2.64. The number of pyridine rings is 1. The molecule has 269 valence electrons. The van der Waals surface area contributed by atoms with Crippen LogP contribution < -0.4 is 15.7 Å². The summed E-state index contributed by atoms with van der Waals surface area (Å²) in [5.41, 5.74) is 5.00. The molecule has 3 aromatic carbocycles. The fourth-order valence-corrected chi connectivity index (χ4v) is 12.4. The van der Waals surface area contributed by atoms with Crippen LogP contribution in [0.4, 0.5) is 5.82 Å². The Morgan fingerprint density at radius 3 is 2.27 bits per heavy atom. The normalized spacial score (nSPS) is 14.9. The SMILES string of the molecule is CCC[C@@H](CCO[Si](c1ccccc1)(c1ccccc1)C(C)(C)C)Nc1n[c]nc2cnn(Cc3ccc(CN4CC(OC)C4)c4cccnc34)c12. The summed E-state index contributed by atoms with van der Waals surface area (Å²) in [6.07, 6.45) is 9.71. The van der Waals surface area contributed by atoms with Crippen LogP contribution in [0.1, 0.15) is 58.1 Å². The highest BCUT2D eigenvalue weighted by atomic mass is 28.4. The summed E-state index contributed by atoms with van der Waals surface area (Å²) < 4.78 is 14.8. The molecule has 1 atom stereocenters. The second-order valence-corrected chi connectivity index (χ2v) is 19.3. The highest BCUT2D eigenvalue weighted by Crippen LogP contribution is 2.37. The lowest BCUT2D eigenvalue weighted by Crippen LogP contribution is -2.66. The molecule has 9 nitrogen and oxygen atoms in total. The molecule has 1 fully saturated rings. The van der Waals surface area contributed by atoms with Crippen LogP contribution in [-0.4, -0.2) is 76.9 Å². The summed E-state index contributed by atoms with van der Waals surface area (Å²) in [5, 5.41) is 12.3. The summed E-state index contributed by atoms with van der Waals surface area (Å²) >= 11 is 0. The molecular weight excluding hydrogens is 663 g/mol. The summed E-state index contributed by atoms with van der Waals surface area (Å²) in [4.78, 5) is 16.4. The second kappa shape index (κ2) is 15.6. The van der Waals surface area contributed by atoms with Gasteiger partial charge in [-0.1, -0.05) is 113 Å².